The molecule has 0 aliphatic heterocycles. The summed E-state index contributed by atoms with van der Waals surface area (Å²) in [4.78, 5) is 16.8. The Kier molecular flexibility index (Phi) is 4.79. The molecular formula is C20H11Cl3N2O2. The Morgan fingerprint density at radius 3 is 2.56 bits per heavy atom. The van der Waals surface area contributed by atoms with Gasteiger partial charge in [-0.05, 0) is 54.6 Å². The van der Waals surface area contributed by atoms with Crippen LogP contribution in [0.4, 0.5) is 5.69 Å². The smallest absolute Gasteiger partial charge is 0.255 e. The van der Waals surface area contributed by atoms with Crippen LogP contribution in [0, 0.1) is 0 Å². The van der Waals surface area contributed by atoms with Gasteiger partial charge in [-0.3, -0.25) is 4.79 Å². The zero-order valence-electron chi connectivity index (χ0n) is 13.7. The predicted molar refractivity (Wildman–Crippen MR) is 109 cm³/mol. The number of hydrogen-bond donors (Lipinski definition) is 1. The molecule has 0 saturated carbocycles. The summed E-state index contributed by atoms with van der Waals surface area (Å²) in [5.74, 6) is 0.0919. The first kappa shape index (κ1) is 17.9. The lowest BCUT2D eigenvalue weighted by molar-refractivity contribution is 0.102. The van der Waals surface area contributed by atoms with Gasteiger partial charge in [0.1, 0.15) is 5.52 Å². The van der Waals surface area contributed by atoms with Crippen LogP contribution in [0.3, 0.4) is 0 Å². The molecule has 0 aliphatic rings. The molecule has 3 aromatic carbocycles. The highest BCUT2D eigenvalue weighted by molar-refractivity contribution is 6.35. The van der Waals surface area contributed by atoms with Crippen molar-refractivity contribution in [1.82, 2.24) is 4.98 Å². The molecule has 0 bridgehead atoms. The fraction of sp³-hybridized carbons (Fsp3) is 0. The van der Waals surface area contributed by atoms with Gasteiger partial charge in [0.05, 0.1) is 10.6 Å². The molecule has 7 heteroatoms. The Morgan fingerprint density at radius 1 is 0.926 bits per heavy atom. The summed E-state index contributed by atoms with van der Waals surface area (Å²) < 4.78 is 5.77. The summed E-state index contributed by atoms with van der Waals surface area (Å²) in [5.41, 5.74) is 2.82. The Bertz CT molecular complexity index is 1170. The minimum absolute atomic E-state index is 0.265. The highest BCUT2D eigenvalue weighted by Gasteiger charge is 2.14. The van der Waals surface area contributed by atoms with E-state index in [-0.39, 0.29) is 5.91 Å². The van der Waals surface area contributed by atoms with E-state index in [1.807, 2.05) is 0 Å². The maximum Gasteiger partial charge on any atom is 0.255 e. The lowest BCUT2D eigenvalue weighted by atomic mass is 10.2. The Morgan fingerprint density at radius 2 is 1.74 bits per heavy atom. The second-order valence-corrected chi connectivity index (χ2v) is 7.07. The molecule has 0 radical (unpaired) electrons. The standard InChI is InChI=1S/C20H11Cl3N2O2/c21-12-3-1-2-11(8-12)19(26)24-14-5-7-18-17(10-14)25-20(27-18)15-9-13(22)4-6-16(15)23/h1-10H,(H,24,26). The van der Waals surface area contributed by atoms with Crippen LogP contribution in [0.5, 0.6) is 0 Å². The number of nitrogens with one attached hydrogen (secondary N) is 1. The van der Waals surface area contributed by atoms with Crippen LogP contribution in [0.1, 0.15) is 10.4 Å². The average Bonchev–Trinajstić information content (AvgIpc) is 3.07. The monoisotopic (exact) mass is 416 g/mol. The first-order valence-corrected chi connectivity index (χ1v) is 9.06. The first-order valence-electron chi connectivity index (χ1n) is 7.92. The number of hydrogen-bond acceptors (Lipinski definition) is 3. The average molecular weight is 418 g/mol. The fourth-order valence-corrected chi connectivity index (χ4v) is 3.18. The molecule has 4 rings (SSSR count). The number of benzene rings is 3. The summed E-state index contributed by atoms with van der Waals surface area (Å²) in [7, 11) is 0. The molecule has 27 heavy (non-hydrogen) atoms. The molecule has 0 saturated heterocycles. The number of aromatic nitrogens is 1. The van der Waals surface area contributed by atoms with Gasteiger partial charge in [-0.2, -0.15) is 0 Å². The zero-order chi connectivity index (χ0) is 19.0. The van der Waals surface area contributed by atoms with E-state index in [2.05, 4.69) is 10.3 Å². The summed E-state index contributed by atoms with van der Waals surface area (Å²) >= 11 is 18.2. The third-order valence-electron chi connectivity index (χ3n) is 3.89. The zero-order valence-corrected chi connectivity index (χ0v) is 15.9. The quantitative estimate of drug-likeness (QED) is 0.403. The summed E-state index contributed by atoms with van der Waals surface area (Å²) in [6.45, 7) is 0. The van der Waals surface area contributed by atoms with Gasteiger partial charge in [0.15, 0.2) is 5.58 Å². The predicted octanol–water partition coefficient (Wildman–Crippen LogP) is 6.71. The first-order chi connectivity index (χ1) is 13.0. The number of nitrogens with zero attached hydrogens (tertiary/aromatic N) is 1. The Balaban J connectivity index is 1.65. The maximum absolute atomic E-state index is 12.4. The molecule has 1 N–H and O–H groups in total. The van der Waals surface area contributed by atoms with Gasteiger partial charge >= 0.3 is 0 Å². The van der Waals surface area contributed by atoms with Gasteiger partial charge in [0.25, 0.3) is 5.91 Å². The van der Waals surface area contributed by atoms with Crippen molar-refractivity contribution in [3.8, 4) is 11.5 Å². The van der Waals surface area contributed by atoms with Crippen LogP contribution in [0.15, 0.2) is 65.1 Å². The lowest BCUT2D eigenvalue weighted by Crippen LogP contribution is -2.11. The van der Waals surface area contributed by atoms with Crippen LogP contribution in [0.2, 0.25) is 15.1 Å². The largest absolute Gasteiger partial charge is 0.436 e. The molecule has 0 aliphatic carbocycles. The van der Waals surface area contributed by atoms with E-state index in [1.165, 1.54) is 0 Å². The highest BCUT2D eigenvalue weighted by Crippen LogP contribution is 2.32. The van der Waals surface area contributed by atoms with E-state index in [9.17, 15) is 4.79 Å². The van der Waals surface area contributed by atoms with E-state index < -0.39 is 0 Å². The Hall–Kier alpha value is -2.53. The minimum atomic E-state index is -0.265. The lowest BCUT2D eigenvalue weighted by Gasteiger charge is -2.05. The van der Waals surface area contributed by atoms with Gasteiger partial charge < -0.3 is 9.73 Å². The van der Waals surface area contributed by atoms with E-state index in [1.54, 1.807) is 60.7 Å². The molecule has 1 heterocycles. The normalized spacial score (nSPS) is 10.9. The van der Waals surface area contributed by atoms with E-state index >= 15 is 0 Å². The second kappa shape index (κ2) is 7.24. The molecule has 0 unspecified atom stereocenters. The molecule has 0 atom stereocenters. The number of amides is 1. The number of halogens is 3. The number of fused-ring (bicyclic) bond motifs is 1. The van der Waals surface area contributed by atoms with Crippen LogP contribution >= 0.6 is 34.8 Å². The molecule has 134 valence electrons. The van der Waals surface area contributed by atoms with Crippen molar-refractivity contribution in [2.24, 2.45) is 0 Å². The van der Waals surface area contributed by atoms with Gasteiger partial charge in [0.2, 0.25) is 5.89 Å². The number of oxazole rings is 1. The summed E-state index contributed by atoms with van der Waals surface area (Å²) in [6.07, 6.45) is 0. The van der Waals surface area contributed by atoms with E-state index in [0.29, 0.717) is 48.9 Å². The second-order valence-electron chi connectivity index (χ2n) is 5.79. The fourth-order valence-electron chi connectivity index (χ4n) is 2.61. The molecule has 0 fully saturated rings. The van der Waals surface area contributed by atoms with Crippen molar-refractivity contribution in [3.63, 3.8) is 0 Å². The number of rotatable bonds is 3. The van der Waals surface area contributed by atoms with Crippen molar-refractivity contribution in [2.45, 2.75) is 0 Å². The molecule has 1 aromatic heterocycles. The van der Waals surface area contributed by atoms with Crippen LogP contribution in [-0.4, -0.2) is 10.9 Å². The number of anilines is 1. The van der Waals surface area contributed by atoms with Crippen LogP contribution in [0.25, 0.3) is 22.6 Å². The summed E-state index contributed by atoms with van der Waals surface area (Å²) in [6, 6.07) is 17.0. The van der Waals surface area contributed by atoms with Gasteiger partial charge in [0, 0.05) is 21.3 Å². The number of carbonyl (C=O) groups excluding carboxylic acids is 1. The molecule has 4 nitrogen and oxygen atoms in total. The van der Waals surface area contributed by atoms with Crippen molar-refractivity contribution in [1.29, 1.82) is 0 Å². The van der Waals surface area contributed by atoms with Crippen molar-refractivity contribution < 1.29 is 9.21 Å². The van der Waals surface area contributed by atoms with Crippen molar-refractivity contribution in [3.05, 3.63) is 81.3 Å². The highest BCUT2D eigenvalue weighted by atomic mass is 35.5. The molecule has 1 amide bonds. The van der Waals surface area contributed by atoms with Gasteiger partial charge in [-0.15, -0.1) is 0 Å². The molecule has 0 spiro atoms. The molecule has 4 aromatic rings. The third-order valence-corrected chi connectivity index (χ3v) is 4.69. The van der Waals surface area contributed by atoms with Crippen LogP contribution in [-0.2, 0) is 0 Å². The van der Waals surface area contributed by atoms with Crippen LogP contribution < -0.4 is 5.32 Å². The third kappa shape index (κ3) is 3.78. The maximum atomic E-state index is 12.4. The Labute approximate surface area is 169 Å². The SMILES string of the molecule is O=C(Nc1ccc2oc(-c3cc(Cl)ccc3Cl)nc2c1)c1cccc(Cl)c1. The van der Waals surface area contributed by atoms with Gasteiger partial charge in [-0.25, -0.2) is 4.98 Å². The molecular weight excluding hydrogens is 407 g/mol. The minimum Gasteiger partial charge on any atom is -0.436 e. The number of carbonyl (C=O) groups is 1. The van der Waals surface area contributed by atoms with E-state index in [0.717, 1.165) is 0 Å². The van der Waals surface area contributed by atoms with Crippen molar-refractivity contribution in [2.75, 3.05) is 5.32 Å². The van der Waals surface area contributed by atoms with E-state index in [4.69, 9.17) is 39.2 Å². The summed E-state index contributed by atoms with van der Waals surface area (Å²) in [5, 5.41) is 4.34. The topological polar surface area (TPSA) is 55.1 Å². The van der Waals surface area contributed by atoms with Gasteiger partial charge in [-0.1, -0.05) is 40.9 Å². The van der Waals surface area contributed by atoms with Crippen molar-refractivity contribution >= 4 is 57.5 Å².